The van der Waals surface area contributed by atoms with Crippen molar-refractivity contribution in [2.45, 2.75) is 102 Å². The maximum Gasteiger partial charge on any atom is 0.0145 e. The molecule has 2 aliphatic rings. The third-order valence-corrected chi connectivity index (χ3v) is 8.69. The Hall–Kier alpha value is -0.440. The predicted octanol–water partition coefficient (Wildman–Crippen LogP) is 8.41. The van der Waals surface area contributed by atoms with Crippen molar-refractivity contribution in [3.63, 3.8) is 0 Å². The summed E-state index contributed by atoms with van der Waals surface area (Å²) in [5, 5.41) is 3.63. The minimum Gasteiger partial charge on any atom is -0.101 e. The van der Waals surface area contributed by atoms with Gasteiger partial charge in [0, 0.05) is 12.3 Å². The van der Waals surface area contributed by atoms with Crippen molar-refractivity contribution in [1.82, 2.24) is 0 Å². The monoisotopic (exact) mass is 386 g/mol. The largest absolute Gasteiger partial charge is 0.101 e. The van der Waals surface area contributed by atoms with Crippen LogP contribution in [0.15, 0.2) is 24.3 Å². The second kappa shape index (κ2) is 12.1. The molecule has 1 aromatic carbocycles. The first-order valence-corrected chi connectivity index (χ1v) is 13.2. The molecule has 0 bridgehead atoms. The fraction of sp³-hybridized carbons (Fsp3) is 0.667. The van der Waals surface area contributed by atoms with E-state index >= 15 is 0 Å². The molecule has 0 spiro atoms. The molecule has 2 fully saturated rings. The fourth-order valence-corrected chi connectivity index (χ4v) is 6.60. The molecule has 0 aliphatic heterocycles. The highest BCUT2D eigenvalue weighted by atomic mass is 31.1. The molecule has 1 aromatic rings. The van der Waals surface area contributed by atoms with E-state index in [4.69, 9.17) is 0 Å². The zero-order valence-corrected chi connectivity index (χ0v) is 18.3. The zero-order chi connectivity index (χ0) is 17.9. The van der Waals surface area contributed by atoms with E-state index in [1.165, 1.54) is 113 Å². The first kappa shape index (κ1) is 20.3. The summed E-state index contributed by atoms with van der Waals surface area (Å²) in [5.41, 5.74) is 3.06. The standard InChI is InChI=1S/C24H36P2/c1-3-7-11-23(12-8-4-1)25-19-21-15-17-22(18-16-21)20-26-24-13-9-5-2-6-10-14-24/h15-18H,1-14,19-20H2. The molecule has 142 valence electrons. The average molecular weight is 387 g/mol. The molecule has 0 N–H and O–H groups in total. The molecule has 0 heterocycles. The molecule has 0 radical (unpaired) electrons. The van der Waals surface area contributed by atoms with Crippen LogP contribution in [0.4, 0.5) is 0 Å². The van der Waals surface area contributed by atoms with Crippen LogP contribution in [-0.4, -0.2) is 10.6 Å². The number of rotatable bonds is 4. The van der Waals surface area contributed by atoms with E-state index in [-0.39, 0.29) is 0 Å². The van der Waals surface area contributed by atoms with E-state index in [9.17, 15) is 0 Å². The lowest BCUT2D eigenvalue weighted by Crippen LogP contribution is -1.99. The highest BCUT2D eigenvalue weighted by Crippen LogP contribution is 2.24. The lowest BCUT2D eigenvalue weighted by atomic mass is 10.0. The van der Waals surface area contributed by atoms with Crippen LogP contribution in [0, 0.1) is 0 Å². The zero-order valence-electron chi connectivity index (χ0n) is 16.5. The van der Waals surface area contributed by atoms with Gasteiger partial charge in [-0.2, -0.15) is 0 Å². The molecule has 0 aromatic heterocycles. The Morgan fingerprint density at radius 2 is 0.769 bits per heavy atom. The van der Waals surface area contributed by atoms with Gasteiger partial charge in [-0.15, -0.1) is 16.4 Å². The SMILES string of the molecule is c1cc(CP=C2CCCCCCC2)ccc1CP=C1CCCCCCC1. The van der Waals surface area contributed by atoms with Crippen molar-refractivity contribution in [2.75, 3.05) is 0 Å². The lowest BCUT2D eigenvalue weighted by molar-refractivity contribution is 0.610. The molecule has 0 nitrogen and oxygen atoms in total. The molecule has 0 saturated heterocycles. The van der Waals surface area contributed by atoms with Gasteiger partial charge in [0.1, 0.15) is 0 Å². The van der Waals surface area contributed by atoms with Crippen molar-refractivity contribution in [3.8, 4) is 0 Å². The molecule has 0 atom stereocenters. The summed E-state index contributed by atoms with van der Waals surface area (Å²) in [6.45, 7) is 0. The summed E-state index contributed by atoms with van der Waals surface area (Å²) < 4.78 is 0. The van der Waals surface area contributed by atoms with Gasteiger partial charge < -0.3 is 0 Å². The van der Waals surface area contributed by atoms with Crippen LogP contribution < -0.4 is 0 Å². The van der Waals surface area contributed by atoms with Gasteiger partial charge in [0.25, 0.3) is 0 Å². The Kier molecular flexibility index (Phi) is 9.45. The van der Waals surface area contributed by atoms with Gasteiger partial charge in [0.15, 0.2) is 0 Å². The Morgan fingerprint density at radius 1 is 0.462 bits per heavy atom. The third kappa shape index (κ3) is 7.66. The Balaban J connectivity index is 1.49. The Morgan fingerprint density at radius 3 is 1.12 bits per heavy atom. The number of benzene rings is 1. The van der Waals surface area contributed by atoms with E-state index in [2.05, 4.69) is 24.3 Å². The summed E-state index contributed by atoms with van der Waals surface area (Å²) >= 11 is 0. The van der Waals surface area contributed by atoms with Gasteiger partial charge in [-0.1, -0.05) is 62.8 Å². The molecular weight excluding hydrogens is 350 g/mol. The van der Waals surface area contributed by atoms with Gasteiger partial charge in [0.05, 0.1) is 0 Å². The first-order chi connectivity index (χ1) is 12.9. The third-order valence-electron chi connectivity index (χ3n) is 5.85. The van der Waals surface area contributed by atoms with Gasteiger partial charge in [0.2, 0.25) is 0 Å². The molecular formula is C24H36P2. The molecule has 0 unspecified atom stereocenters. The maximum atomic E-state index is 2.39. The summed E-state index contributed by atoms with van der Waals surface area (Å²) in [5.74, 6) is 0. The van der Waals surface area contributed by atoms with Crippen molar-refractivity contribution in [3.05, 3.63) is 35.4 Å². The average Bonchev–Trinajstić information content (AvgIpc) is 2.61. The normalized spacial score (nSPS) is 20.5. The first-order valence-electron chi connectivity index (χ1n) is 11.0. The molecule has 0 amide bonds. The van der Waals surface area contributed by atoms with Gasteiger partial charge in [-0.05, 0) is 73.1 Å². The number of hydrogen-bond donors (Lipinski definition) is 0. The fourth-order valence-electron chi connectivity index (χ4n) is 4.10. The van der Waals surface area contributed by atoms with E-state index in [0.29, 0.717) is 0 Å². The minimum absolute atomic E-state index is 1.23. The van der Waals surface area contributed by atoms with Crippen LogP contribution in [0.5, 0.6) is 0 Å². The van der Waals surface area contributed by atoms with Gasteiger partial charge in [-0.25, -0.2) is 0 Å². The second-order valence-electron chi connectivity index (χ2n) is 8.12. The molecule has 26 heavy (non-hydrogen) atoms. The molecule has 2 saturated carbocycles. The molecule has 3 rings (SSSR count). The van der Waals surface area contributed by atoms with Crippen LogP contribution in [0.25, 0.3) is 0 Å². The molecule has 2 aliphatic carbocycles. The predicted molar refractivity (Wildman–Crippen MR) is 122 cm³/mol. The lowest BCUT2D eigenvalue weighted by Gasteiger charge is -2.12. The van der Waals surface area contributed by atoms with Crippen molar-refractivity contribution in [1.29, 1.82) is 0 Å². The van der Waals surface area contributed by atoms with E-state index < -0.39 is 0 Å². The van der Waals surface area contributed by atoms with Crippen molar-refractivity contribution >= 4 is 27.0 Å². The van der Waals surface area contributed by atoms with E-state index in [0.717, 1.165) is 0 Å². The topological polar surface area (TPSA) is 0 Å². The summed E-state index contributed by atoms with van der Waals surface area (Å²) in [6, 6.07) is 9.57. The Bertz CT molecular complexity index is 510. The maximum absolute atomic E-state index is 2.39. The smallest absolute Gasteiger partial charge is 0.0145 e. The molecule has 2 heteroatoms. The van der Waals surface area contributed by atoms with E-state index in [1.54, 1.807) is 16.4 Å². The van der Waals surface area contributed by atoms with Crippen molar-refractivity contribution < 1.29 is 0 Å². The van der Waals surface area contributed by atoms with Crippen LogP contribution in [0.1, 0.15) is 101 Å². The minimum atomic E-state index is 1.23. The van der Waals surface area contributed by atoms with Gasteiger partial charge >= 0.3 is 0 Å². The highest BCUT2D eigenvalue weighted by Gasteiger charge is 2.05. The summed E-state index contributed by atoms with van der Waals surface area (Å²) in [6.07, 6.45) is 22.4. The highest BCUT2D eigenvalue weighted by molar-refractivity contribution is 7.40. The summed E-state index contributed by atoms with van der Waals surface area (Å²) in [7, 11) is 3.19. The van der Waals surface area contributed by atoms with Crippen LogP contribution in [-0.2, 0) is 12.3 Å². The van der Waals surface area contributed by atoms with Crippen LogP contribution >= 0.6 is 16.4 Å². The van der Waals surface area contributed by atoms with Crippen LogP contribution in [0.2, 0.25) is 0 Å². The van der Waals surface area contributed by atoms with Gasteiger partial charge in [-0.3, -0.25) is 0 Å². The second-order valence-corrected chi connectivity index (χ2v) is 10.6. The Labute approximate surface area is 164 Å². The van der Waals surface area contributed by atoms with E-state index in [1.807, 2.05) is 10.6 Å². The van der Waals surface area contributed by atoms with Crippen LogP contribution in [0.3, 0.4) is 0 Å². The number of hydrogen-bond acceptors (Lipinski definition) is 0. The van der Waals surface area contributed by atoms with Crippen molar-refractivity contribution in [2.24, 2.45) is 0 Å². The summed E-state index contributed by atoms with van der Waals surface area (Å²) in [4.78, 5) is 0. The quantitative estimate of drug-likeness (QED) is 0.456.